The summed E-state index contributed by atoms with van der Waals surface area (Å²) in [6, 6.07) is 4.71. The van der Waals surface area contributed by atoms with Crippen molar-refractivity contribution in [1.29, 1.82) is 0 Å². The van der Waals surface area contributed by atoms with Crippen molar-refractivity contribution in [2.75, 3.05) is 18.4 Å². The highest BCUT2D eigenvalue weighted by Crippen LogP contribution is 2.30. The van der Waals surface area contributed by atoms with Crippen LogP contribution < -0.4 is 5.32 Å². The summed E-state index contributed by atoms with van der Waals surface area (Å²) < 4.78 is 32.1. The van der Waals surface area contributed by atoms with Crippen LogP contribution in [0.15, 0.2) is 26.9 Å². The van der Waals surface area contributed by atoms with Crippen LogP contribution in [0.5, 0.6) is 0 Å². The van der Waals surface area contributed by atoms with Crippen molar-refractivity contribution >= 4 is 44.8 Å². The maximum absolute atomic E-state index is 12.5. The molecule has 0 saturated carbocycles. The quantitative estimate of drug-likeness (QED) is 0.867. The third-order valence-corrected chi connectivity index (χ3v) is 7.44. The van der Waals surface area contributed by atoms with Gasteiger partial charge in [-0.3, -0.25) is 10.1 Å². The fourth-order valence-corrected chi connectivity index (χ4v) is 5.67. The van der Waals surface area contributed by atoms with Crippen LogP contribution in [0.3, 0.4) is 0 Å². The average Bonchev–Trinajstić information content (AvgIpc) is 3.16. The van der Waals surface area contributed by atoms with Crippen LogP contribution in [0.1, 0.15) is 18.5 Å². The summed E-state index contributed by atoms with van der Waals surface area (Å²) in [5, 5.41) is 6.38. The van der Waals surface area contributed by atoms with E-state index in [0.29, 0.717) is 41.8 Å². The summed E-state index contributed by atoms with van der Waals surface area (Å²) in [5.41, 5.74) is 0.681. The number of aromatic nitrogens is 1. The predicted octanol–water partition coefficient (Wildman–Crippen LogP) is 2.74. The zero-order valence-electron chi connectivity index (χ0n) is 12.9. The van der Waals surface area contributed by atoms with Gasteiger partial charge < -0.3 is 4.52 Å². The largest absolute Gasteiger partial charge is 0.338 e. The minimum absolute atomic E-state index is 0.178. The molecule has 0 aliphatic carbocycles. The molecule has 0 atom stereocenters. The highest BCUT2D eigenvalue weighted by atomic mass is 35.5. The van der Waals surface area contributed by atoms with Gasteiger partial charge >= 0.3 is 0 Å². The Hall–Kier alpha value is -1.42. The molecule has 2 aromatic rings. The molecule has 1 amide bonds. The van der Waals surface area contributed by atoms with Crippen molar-refractivity contribution in [3.8, 4) is 0 Å². The van der Waals surface area contributed by atoms with E-state index in [9.17, 15) is 13.2 Å². The van der Waals surface area contributed by atoms with E-state index in [1.54, 1.807) is 19.1 Å². The Kier molecular flexibility index (Phi) is 4.95. The van der Waals surface area contributed by atoms with Gasteiger partial charge in [0, 0.05) is 25.1 Å². The van der Waals surface area contributed by atoms with Gasteiger partial charge in [0.1, 0.15) is 4.21 Å². The van der Waals surface area contributed by atoms with Crippen LogP contribution >= 0.6 is 22.9 Å². The first kappa shape index (κ1) is 17.4. The van der Waals surface area contributed by atoms with Crippen LogP contribution in [-0.2, 0) is 14.8 Å². The van der Waals surface area contributed by atoms with Crippen molar-refractivity contribution in [3.63, 3.8) is 0 Å². The van der Waals surface area contributed by atoms with Gasteiger partial charge in [-0.25, -0.2) is 8.42 Å². The van der Waals surface area contributed by atoms with Crippen molar-refractivity contribution in [3.05, 3.63) is 28.2 Å². The molecule has 24 heavy (non-hydrogen) atoms. The minimum Gasteiger partial charge on any atom is -0.338 e. The van der Waals surface area contributed by atoms with Crippen molar-refractivity contribution in [1.82, 2.24) is 9.46 Å². The Bertz CT molecular complexity index is 838. The highest BCUT2D eigenvalue weighted by molar-refractivity contribution is 7.91. The Labute approximate surface area is 148 Å². The van der Waals surface area contributed by atoms with E-state index in [0.717, 1.165) is 11.3 Å². The molecule has 1 N–H and O–H groups in total. The number of halogens is 1. The summed E-state index contributed by atoms with van der Waals surface area (Å²) in [6.07, 6.45) is 0.911. The van der Waals surface area contributed by atoms with Gasteiger partial charge in [-0.1, -0.05) is 16.8 Å². The van der Waals surface area contributed by atoms with E-state index >= 15 is 0 Å². The molecule has 0 unspecified atom stereocenters. The molecule has 1 fully saturated rings. The molecule has 7 nitrogen and oxygen atoms in total. The number of hydrogen-bond acceptors (Lipinski definition) is 6. The minimum atomic E-state index is -3.54. The number of carbonyl (C=O) groups excluding carboxylic acids is 1. The maximum atomic E-state index is 12.5. The topological polar surface area (TPSA) is 92.5 Å². The number of hydrogen-bond donors (Lipinski definition) is 1. The zero-order valence-corrected chi connectivity index (χ0v) is 15.2. The number of carbonyl (C=O) groups is 1. The lowest BCUT2D eigenvalue weighted by Crippen LogP contribution is -2.41. The standard InChI is InChI=1S/C14H16ClN3O4S2/c1-9-8-12(22-17-9)16-14(19)10-4-6-18(7-5-10)24(20,21)13-3-2-11(15)23-13/h2-3,8,10H,4-7H2,1H3,(H,16,19). The number of nitrogens with zero attached hydrogens (tertiary/aromatic N) is 2. The second kappa shape index (κ2) is 6.83. The van der Waals surface area contributed by atoms with Gasteiger partial charge in [-0.15, -0.1) is 11.3 Å². The fraction of sp³-hybridized carbons (Fsp3) is 0.429. The molecule has 1 aliphatic rings. The van der Waals surface area contributed by atoms with Crippen molar-refractivity contribution in [2.24, 2.45) is 5.92 Å². The molecule has 3 rings (SSSR count). The number of piperidine rings is 1. The third-order valence-electron chi connectivity index (χ3n) is 3.84. The molecule has 0 aromatic carbocycles. The first-order valence-electron chi connectivity index (χ1n) is 7.36. The SMILES string of the molecule is Cc1cc(NC(=O)C2CCN(S(=O)(=O)c3ccc(Cl)s3)CC2)on1. The van der Waals surface area contributed by atoms with Gasteiger partial charge in [-0.05, 0) is 31.9 Å². The van der Waals surface area contributed by atoms with E-state index < -0.39 is 10.0 Å². The molecule has 1 saturated heterocycles. The van der Waals surface area contributed by atoms with Gasteiger partial charge in [0.05, 0.1) is 10.0 Å². The first-order chi connectivity index (χ1) is 11.4. The van der Waals surface area contributed by atoms with Crippen LogP contribution in [-0.4, -0.2) is 36.9 Å². The number of aryl methyl sites for hydroxylation is 1. The fourth-order valence-electron chi connectivity index (χ4n) is 2.57. The molecule has 0 radical (unpaired) electrons. The van der Waals surface area contributed by atoms with Crippen LogP contribution in [0.2, 0.25) is 4.34 Å². The maximum Gasteiger partial charge on any atom is 0.252 e. The van der Waals surface area contributed by atoms with E-state index in [2.05, 4.69) is 10.5 Å². The number of amides is 1. The van der Waals surface area contributed by atoms with E-state index in [1.807, 2.05) is 0 Å². The lowest BCUT2D eigenvalue weighted by molar-refractivity contribution is -0.121. The molecule has 0 spiro atoms. The Morgan fingerprint density at radius 1 is 1.42 bits per heavy atom. The average molecular weight is 390 g/mol. The molecule has 3 heterocycles. The first-order valence-corrected chi connectivity index (χ1v) is 9.99. The molecular formula is C14H16ClN3O4S2. The second-order valence-corrected chi connectivity index (χ2v) is 9.44. The third kappa shape index (κ3) is 3.64. The number of thiophene rings is 1. The van der Waals surface area contributed by atoms with Crippen LogP contribution in [0.4, 0.5) is 5.88 Å². The summed E-state index contributed by atoms with van der Waals surface area (Å²) in [6.45, 7) is 2.36. The van der Waals surface area contributed by atoms with Crippen molar-refractivity contribution < 1.29 is 17.7 Å². The Balaban J connectivity index is 1.60. The second-order valence-electron chi connectivity index (χ2n) is 5.56. The highest BCUT2D eigenvalue weighted by Gasteiger charge is 2.33. The van der Waals surface area contributed by atoms with E-state index in [1.165, 1.54) is 10.4 Å². The molecule has 0 bridgehead atoms. The molecule has 2 aromatic heterocycles. The van der Waals surface area contributed by atoms with Gasteiger partial charge in [0.25, 0.3) is 10.0 Å². The summed E-state index contributed by atoms with van der Waals surface area (Å²) in [4.78, 5) is 12.2. The van der Waals surface area contributed by atoms with Gasteiger partial charge in [-0.2, -0.15) is 4.31 Å². The lowest BCUT2D eigenvalue weighted by atomic mass is 9.97. The van der Waals surface area contributed by atoms with Crippen LogP contribution in [0.25, 0.3) is 0 Å². The molecule has 130 valence electrons. The van der Waals surface area contributed by atoms with E-state index in [4.69, 9.17) is 16.1 Å². The number of nitrogens with one attached hydrogen (secondary N) is 1. The normalized spacial score (nSPS) is 17.1. The number of anilines is 1. The van der Waals surface area contributed by atoms with E-state index in [-0.39, 0.29) is 16.0 Å². The van der Waals surface area contributed by atoms with Crippen LogP contribution in [0, 0.1) is 12.8 Å². The Morgan fingerprint density at radius 3 is 2.67 bits per heavy atom. The Morgan fingerprint density at radius 2 is 2.12 bits per heavy atom. The number of sulfonamides is 1. The molecular weight excluding hydrogens is 374 g/mol. The summed E-state index contributed by atoms with van der Waals surface area (Å²) in [7, 11) is -3.54. The zero-order chi connectivity index (χ0) is 17.3. The predicted molar refractivity (Wildman–Crippen MR) is 90.7 cm³/mol. The molecule has 10 heteroatoms. The smallest absolute Gasteiger partial charge is 0.252 e. The van der Waals surface area contributed by atoms with Crippen molar-refractivity contribution in [2.45, 2.75) is 24.0 Å². The summed E-state index contributed by atoms with van der Waals surface area (Å²) >= 11 is 6.85. The van der Waals surface area contributed by atoms with Gasteiger partial charge in [0.15, 0.2) is 0 Å². The monoisotopic (exact) mass is 389 g/mol. The summed E-state index contributed by atoms with van der Waals surface area (Å²) in [5.74, 6) is -0.128. The lowest BCUT2D eigenvalue weighted by Gasteiger charge is -2.29. The van der Waals surface area contributed by atoms with Gasteiger partial charge in [0.2, 0.25) is 11.8 Å². The molecule has 1 aliphatic heterocycles. The number of rotatable bonds is 4.